The van der Waals surface area contributed by atoms with Crippen molar-refractivity contribution in [3.63, 3.8) is 0 Å². The summed E-state index contributed by atoms with van der Waals surface area (Å²) in [6.45, 7) is 0.494. The molecule has 72 valence electrons. The summed E-state index contributed by atoms with van der Waals surface area (Å²) in [7, 11) is 1.67. The quantitative estimate of drug-likeness (QED) is 0.711. The molecule has 0 atom stereocenters. The third-order valence-corrected chi connectivity index (χ3v) is 1.80. The molecule has 1 heterocycles. The molecule has 0 unspecified atom stereocenters. The van der Waals surface area contributed by atoms with E-state index >= 15 is 0 Å². The van der Waals surface area contributed by atoms with Crippen LogP contribution in [0.5, 0.6) is 0 Å². The first kappa shape index (κ1) is 10.2. The molecule has 0 aliphatic rings. The van der Waals surface area contributed by atoms with Gasteiger partial charge in [0.05, 0.1) is 6.07 Å². The Hall–Kier alpha value is -1.89. The lowest BCUT2D eigenvalue weighted by atomic mass is 10.2. The minimum atomic E-state index is -0.170. The van der Waals surface area contributed by atoms with E-state index < -0.39 is 0 Å². The molecule has 0 bridgehead atoms. The number of carbonyl (C=O) groups excluding carboxylic acids is 1. The van der Waals surface area contributed by atoms with Gasteiger partial charge in [-0.3, -0.25) is 9.78 Å². The van der Waals surface area contributed by atoms with Crippen molar-refractivity contribution in [2.45, 2.75) is 13.0 Å². The maximum absolute atomic E-state index is 11.2. The summed E-state index contributed by atoms with van der Waals surface area (Å²) in [5, 5.41) is 8.34. The molecular weight excluding hydrogens is 178 g/mol. The van der Waals surface area contributed by atoms with E-state index in [0.717, 1.165) is 5.56 Å². The number of pyridine rings is 1. The number of rotatable bonds is 3. The minimum absolute atomic E-state index is 0.0727. The van der Waals surface area contributed by atoms with Gasteiger partial charge in [0.2, 0.25) is 5.91 Å². The molecule has 1 amide bonds. The molecule has 0 N–H and O–H groups in total. The largest absolute Gasteiger partial charge is 0.340 e. The van der Waals surface area contributed by atoms with E-state index in [4.69, 9.17) is 5.26 Å². The summed E-state index contributed by atoms with van der Waals surface area (Å²) < 4.78 is 0. The smallest absolute Gasteiger partial charge is 0.236 e. The molecule has 4 heteroatoms. The molecule has 1 rings (SSSR count). The average molecular weight is 189 g/mol. The number of hydrogen-bond donors (Lipinski definition) is 0. The van der Waals surface area contributed by atoms with Crippen LogP contribution in [0.15, 0.2) is 24.5 Å². The zero-order valence-electron chi connectivity index (χ0n) is 7.97. The molecule has 4 nitrogen and oxygen atoms in total. The van der Waals surface area contributed by atoms with Crippen LogP contribution in [-0.4, -0.2) is 22.8 Å². The van der Waals surface area contributed by atoms with Crippen LogP contribution >= 0.6 is 0 Å². The molecule has 14 heavy (non-hydrogen) atoms. The standard InChI is InChI=1S/C10H11N3O/c1-13(10(14)4-5-11)8-9-3-2-6-12-7-9/h2-3,6-7H,4,8H2,1H3. The van der Waals surface area contributed by atoms with Gasteiger partial charge >= 0.3 is 0 Å². The number of hydrogen-bond acceptors (Lipinski definition) is 3. The second-order valence-corrected chi connectivity index (χ2v) is 2.95. The van der Waals surface area contributed by atoms with E-state index in [2.05, 4.69) is 4.98 Å². The highest BCUT2D eigenvalue weighted by molar-refractivity contribution is 5.77. The molecule has 0 radical (unpaired) electrons. The van der Waals surface area contributed by atoms with Gasteiger partial charge in [0.15, 0.2) is 0 Å². The summed E-state index contributed by atoms with van der Waals surface area (Å²) >= 11 is 0. The monoisotopic (exact) mass is 189 g/mol. The van der Waals surface area contributed by atoms with Crippen LogP contribution in [0.2, 0.25) is 0 Å². The summed E-state index contributed by atoms with van der Waals surface area (Å²) in [5.74, 6) is -0.170. The summed E-state index contributed by atoms with van der Waals surface area (Å²) in [5.41, 5.74) is 0.960. The highest BCUT2D eigenvalue weighted by Crippen LogP contribution is 2.01. The predicted molar refractivity (Wildman–Crippen MR) is 50.9 cm³/mol. The Balaban J connectivity index is 2.54. The van der Waals surface area contributed by atoms with E-state index in [1.165, 1.54) is 4.90 Å². The van der Waals surface area contributed by atoms with Crippen molar-refractivity contribution in [2.75, 3.05) is 7.05 Å². The van der Waals surface area contributed by atoms with Crippen LogP contribution in [0.4, 0.5) is 0 Å². The first-order chi connectivity index (χ1) is 6.74. The van der Waals surface area contributed by atoms with Gasteiger partial charge in [0, 0.05) is 26.0 Å². The highest BCUT2D eigenvalue weighted by atomic mass is 16.2. The van der Waals surface area contributed by atoms with Crippen LogP contribution in [0.25, 0.3) is 0 Å². The highest BCUT2D eigenvalue weighted by Gasteiger charge is 2.07. The third-order valence-electron chi connectivity index (χ3n) is 1.80. The van der Waals surface area contributed by atoms with Gasteiger partial charge in [0.25, 0.3) is 0 Å². The average Bonchev–Trinajstić information content (AvgIpc) is 2.19. The molecule has 1 aromatic heterocycles. The first-order valence-corrected chi connectivity index (χ1v) is 4.24. The molecule has 0 aliphatic carbocycles. The van der Waals surface area contributed by atoms with Crippen LogP contribution in [0.1, 0.15) is 12.0 Å². The zero-order valence-corrected chi connectivity index (χ0v) is 7.97. The van der Waals surface area contributed by atoms with Crippen molar-refractivity contribution < 1.29 is 4.79 Å². The van der Waals surface area contributed by atoms with E-state index in [1.807, 2.05) is 18.2 Å². The zero-order chi connectivity index (χ0) is 10.4. The fraction of sp³-hybridized carbons (Fsp3) is 0.300. The summed E-state index contributed by atoms with van der Waals surface area (Å²) in [6, 6.07) is 5.54. The fourth-order valence-corrected chi connectivity index (χ4v) is 1.06. The summed E-state index contributed by atoms with van der Waals surface area (Å²) in [4.78, 5) is 16.7. The Morgan fingerprint density at radius 1 is 1.71 bits per heavy atom. The molecular formula is C10H11N3O. The Labute approximate surface area is 82.8 Å². The maximum Gasteiger partial charge on any atom is 0.236 e. The molecule has 0 spiro atoms. The SMILES string of the molecule is CN(Cc1cccnc1)C(=O)CC#N. The van der Waals surface area contributed by atoms with Crippen LogP contribution < -0.4 is 0 Å². The second-order valence-electron chi connectivity index (χ2n) is 2.95. The van der Waals surface area contributed by atoms with Crippen molar-refractivity contribution in [3.05, 3.63) is 30.1 Å². The number of amides is 1. The molecule has 0 aromatic carbocycles. The molecule has 0 saturated carbocycles. The Kier molecular flexibility index (Phi) is 3.62. The van der Waals surface area contributed by atoms with Gasteiger partial charge in [-0.05, 0) is 11.6 Å². The number of nitriles is 1. The van der Waals surface area contributed by atoms with Crippen LogP contribution in [-0.2, 0) is 11.3 Å². The van der Waals surface area contributed by atoms with Crippen LogP contribution in [0, 0.1) is 11.3 Å². The molecule has 0 aliphatic heterocycles. The fourth-order valence-electron chi connectivity index (χ4n) is 1.06. The third kappa shape index (κ3) is 2.87. The number of carbonyl (C=O) groups is 1. The van der Waals surface area contributed by atoms with E-state index in [9.17, 15) is 4.79 Å². The van der Waals surface area contributed by atoms with Crippen molar-refractivity contribution in [1.82, 2.24) is 9.88 Å². The van der Waals surface area contributed by atoms with Gasteiger partial charge in [0.1, 0.15) is 6.42 Å². The maximum atomic E-state index is 11.2. The lowest BCUT2D eigenvalue weighted by Gasteiger charge is -2.14. The van der Waals surface area contributed by atoms with Crippen molar-refractivity contribution in [2.24, 2.45) is 0 Å². The lowest BCUT2D eigenvalue weighted by Crippen LogP contribution is -2.25. The van der Waals surface area contributed by atoms with Crippen molar-refractivity contribution >= 4 is 5.91 Å². The molecule has 0 saturated heterocycles. The van der Waals surface area contributed by atoms with Gasteiger partial charge in [-0.2, -0.15) is 5.26 Å². The van der Waals surface area contributed by atoms with E-state index in [0.29, 0.717) is 6.54 Å². The van der Waals surface area contributed by atoms with Gasteiger partial charge < -0.3 is 4.90 Å². The predicted octanol–water partition coefficient (Wildman–Crippen LogP) is 0.954. The van der Waals surface area contributed by atoms with Gasteiger partial charge in [-0.25, -0.2) is 0 Å². The van der Waals surface area contributed by atoms with E-state index in [1.54, 1.807) is 19.4 Å². The lowest BCUT2D eigenvalue weighted by molar-refractivity contribution is -0.129. The Morgan fingerprint density at radius 3 is 3.07 bits per heavy atom. The normalized spacial score (nSPS) is 9.14. The second kappa shape index (κ2) is 4.97. The van der Waals surface area contributed by atoms with Crippen molar-refractivity contribution in [3.8, 4) is 6.07 Å². The molecule has 0 fully saturated rings. The van der Waals surface area contributed by atoms with Crippen LogP contribution in [0.3, 0.4) is 0 Å². The van der Waals surface area contributed by atoms with E-state index in [-0.39, 0.29) is 12.3 Å². The number of aromatic nitrogens is 1. The van der Waals surface area contributed by atoms with Crippen molar-refractivity contribution in [1.29, 1.82) is 5.26 Å². The molecule has 1 aromatic rings. The summed E-state index contributed by atoms with van der Waals surface area (Å²) in [6.07, 6.45) is 3.31. The topological polar surface area (TPSA) is 57.0 Å². The minimum Gasteiger partial charge on any atom is -0.340 e. The Morgan fingerprint density at radius 2 is 2.50 bits per heavy atom. The van der Waals surface area contributed by atoms with Gasteiger partial charge in [-0.1, -0.05) is 6.07 Å². The first-order valence-electron chi connectivity index (χ1n) is 4.24. The Bertz CT molecular complexity index is 342. The number of nitrogens with zero attached hydrogens (tertiary/aromatic N) is 3. The van der Waals surface area contributed by atoms with Gasteiger partial charge in [-0.15, -0.1) is 0 Å².